The van der Waals surface area contributed by atoms with Gasteiger partial charge in [0, 0.05) is 31.0 Å². The summed E-state index contributed by atoms with van der Waals surface area (Å²) in [7, 11) is 1.56. The Bertz CT molecular complexity index is 1130. The van der Waals surface area contributed by atoms with Crippen LogP contribution >= 0.6 is 11.3 Å². The van der Waals surface area contributed by atoms with Gasteiger partial charge in [-0.15, -0.1) is 0 Å². The standard InChI is InChI=1S/C21H19FN4O2S/c1-28-17-5-2-4-15(12-17)20(27)26(10-3-9-25-11-8-23-14-25)21-24-18-7-6-16(22)13-19(18)29-21/h2,4-8,11-14H,3,9-10H2,1H3. The number of imidazole rings is 1. The number of carbonyl (C=O) groups is 1. The number of amides is 1. The van der Waals surface area contributed by atoms with Crippen LogP contribution in [0.25, 0.3) is 10.2 Å². The fraction of sp³-hybridized carbons (Fsp3) is 0.190. The van der Waals surface area contributed by atoms with Crippen LogP contribution in [0.4, 0.5) is 9.52 Å². The van der Waals surface area contributed by atoms with Crippen molar-refractivity contribution in [2.45, 2.75) is 13.0 Å². The number of nitrogens with zero attached hydrogens (tertiary/aromatic N) is 4. The summed E-state index contributed by atoms with van der Waals surface area (Å²) in [6.45, 7) is 1.19. The molecule has 0 aliphatic carbocycles. The number of carbonyl (C=O) groups excluding carboxylic acids is 1. The minimum atomic E-state index is -0.321. The lowest BCUT2D eigenvalue weighted by atomic mass is 10.2. The smallest absolute Gasteiger partial charge is 0.260 e. The third-order valence-corrected chi connectivity index (χ3v) is 5.53. The maximum Gasteiger partial charge on any atom is 0.260 e. The van der Waals surface area contributed by atoms with E-state index in [-0.39, 0.29) is 11.7 Å². The van der Waals surface area contributed by atoms with E-state index in [1.807, 2.05) is 10.8 Å². The van der Waals surface area contributed by atoms with Crippen LogP contribution in [-0.2, 0) is 6.54 Å². The molecule has 0 aliphatic rings. The maximum absolute atomic E-state index is 13.6. The van der Waals surface area contributed by atoms with Gasteiger partial charge in [-0.2, -0.15) is 0 Å². The first-order valence-corrected chi connectivity index (χ1v) is 9.93. The summed E-state index contributed by atoms with van der Waals surface area (Å²) < 4.78 is 21.5. The van der Waals surface area contributed by atoms with Crippen LogP contribution in [-0.4, -0.2) is 34.1 Å². The lowest BCUT2D eigenvalue weighted by molar-refractivity contribution is 0.0986. The van der Waals surface area contributed by atoms with Crippen LogP contribution in [0, 0.1) is 5.82 Å². The molecule has 0 atom stereocenters. The van der Waals surface area contributed by atoms with Crippen LogP contribution in [0.15, 0.2) is 61.2 Å². The van der Waals surface area contributed by atoms with Gasteiger partial charge >= 0.3 is 0 Å². The number of fused-ring (bicyclic) bond motifs is 1. The van der Waals surface area contributed by atoms with Crippen LogP contribution in [0.5, 0.6) is 5.75 Å². The lowest BCUT2D eigenvalue weighted by Gasteiger charge is -2.20. The van der Waals surface area contributed by atoms with Gasteiger partial charge in [-0.1, -0.05) is 17.4 Å². The van der Waals surface area contributed by atoms with Crippen molar-refractivity contribution in [3.05, 3.63) is 72.6 Å². The van der Waals surface area contributed by atoms with Crippen molar-refractivity contribution < 1.29 is 13.9 Å². The van der Waals surface area contributed by atoms with Crippen molar-refractivity contribution >= 4 is 32.6 Å². The summed E-state index contributed by atoms with van der Waals surface area (Å²) in [5.41, 5.74) is 1.18. The molecule has 0 fully saturated rings. The zero-order valence-electron chi connectivity index (χ0n) is 15.8. The molecule has 2 heterocycles. The lowest BCUT2D eigenvalue weighted by Crippen LogP contribution is -2.32. The first-order chi connectivity index (χ1) is 14.1. The number of benzene rings is 2. The second kappa shape index (κ2) is 8.40. The van der Waals surface area contributed by atoms with Crippen LogP contribution in [0.3, 0.4) is 0 Å². The highest BCUT2D eigenvalue weighted by Gasteiger charge is 2.21. The monoisotopic (exact) mass is 410 g/mol. The van der Waals surface area contributed by atoms with E-state index >= 15 is 0 Å². The van der Waals surface area contributed by atoms with Crippen molar-refractivity contribution in [3.8, 4) is 5.75 Å². The second-order valence-corrected chi connectivity index (χ2v) is 7.46. The summed E-state index contributed by atoms with van der Waals surface area (Å²) in [6, 6.07) is 11.5. The van der Waals surface area contributed by atoms with E-state index in [4.69, 9.17) is 4.74 Å². The molecule has 148 valence electrons. The number of thiazole rings is 1. The zero-order valence-corrected chi connectivity index (χ0v) is 16.6. The van der Waals surface area contributed by atoms with Gasteiger partial charge in [0.1, 0.15) is 11.6 Å². The SMILES string of the molecule is COc1cccc(C(=O)N(CCCn2ccnc2)c2nc3ccc(F)cc3s2)c1. The molecular weight excluding hydrogens is 391 g/mol. The molecule has 1 amide bonds. The number of aryl methyl sites for hydroxylation is 1. The Kier molecular flexibility index (Phi) is 5.53. The summed E-state index contributed by atoms with van der Waals surface area (Å²) in [6.07, 6.45) is 6.07. The fourth-order valence-electron chi connectivity index (χ4n) is 3.03. The van der Waals surface area contributed by atoms with Gasteiger partial charge in [-0.3, -0.25) is 9.69 Å². The van der Waals surface area contributed by atoms with Gasteiger partial charge in [0.25, 0.3) is 5.91 Å². The molecule has 0 aliphatic heterocycles. The molecule has 0 saturated carbocycles. The Hall–Kier alpha value is -3.26. The summed E-state index contributed by atoms with van der Waals surface area (Å²) in [4.78, 5) is 23.5. The molecule has 4 aromatic rings. The van der Waals surface area contributed by atoms with Crippen molar-refractivity contribution in [2.24, 2.45) is 0 Å². The van der Waals surface area contributed by atoms with Crippen LogP contribution < -0.4 is 9.64 Å². The molecule has 4 rings (SSSR count). The highest BCUT2D eigenvalue weighted by Crippen LogP contribution is 2.30. The van der Waals surface area contributed by atoms with E-state index in [1.165, 1.54) is 23.5 Å². The number of hydrogen-bond donors (Lipinski definition) is 0. The van der Waals surface area contributed by atoms with Crippen molar-refractivity contribution in [3.63, 3.8) is 0 Å². The third-order valence-electron chi connectivity index (χ3n) is 4.49. The first kappa shape index (κ1) is 19.1. The van der Waals surface area contributed by atoms with E-state index in [0.29, 0.717) is 33.2 Å². The maximum atomic E-state index is 13.6. The Morgan fingerprint density at radius 3 is 2.97 bits per heavy atom. The van der Waals surface area contributed by atoms with Gasteiger partial charge in [0.2, 0.25) is 0 Å². The van der Waals surface area contributed by atoms with E-state index < -0.39 is 0 Å². The molecule has 2 aromatic heterocycles. The molecular formula is C21H19FN4O2S. The summed E-state index contributed by atoms with van der Waals surface area (Å²) >= 11 is 1.30. The molecule has 0 spiro atoms. The van der Waals surface area contributed by atoms with Crippen molar-refractivity contribution in [1.82, 2.24) is 14.5 Å². The van der Waals surface area contributed by atoms with Gasteiger partial charge in [-0.25, -0.2) is 14.4 Å². The van der Waals surface area contributed by atoms with Crippen LogP contribution in [0.2, 0.25) is 0 Å². The van der Waals surface area contributed by atoms with Gasteiger partial charge in [0.15, 0.2) is 5.13 Å². The minimum absolute atomic E-state index is 0.172. The van der Waals surface area contributed by atoms with Crippen molar-refractivity contribution in [2.75, 3.05) is 18.6 Å². The normalized spacial score (nSPS) is 11.0. The molecule has 8 heteroatoms. The summed E-state index contributed by atoms with van der Waals surface area (Å²) in [5, 5.41) is 0.545. The molecule has 29 heavy (non-hydrogen) atoms. The number of hydrogen-bond acceptors (Lipinski definition) is 5. The van der Waals surface area contributed by atoms with Gasteiger partial charge in [0.05, 0.1) is 23.7 Å². The van der Waals surface area contributed by atoms with E-state index in [1.54, 1.807) is 54.9 Å². The average Bonchev–Trinajstić information content (AvgIpc) is 3.40. The molecule has 0 N–H and O–H groups in total. The molecule has 0 unspecified atom stereocenters. The minimum Gasteiger partial charge on any atom is -0.497 e. The molecule has 2 aromatic carbocycles. The zero-order chi connectivity index (χ0) is 20.2. The highest BCUT2D eigenvalue weighted by molar-refractivity contribution is 7.22. The number of aromatic nitrogens is 3. The number of halogens is 1. The number of rotatable bonds is 7. The van der Waals surface area contributed by atoms with Gasteiger partial charge < -0.3 is 9.30 Å². The third kappa shape index (κ3) is 4.27. The predicted octanol–water partition coefficient (Wildman–Crippen LogP) is 4.38. The Labute approximate surface area is 171 Å². The fourth-order valence-corrected chi connectivity index (χ4v) is 4.04. The van der Waals surface area contributed by atoms with E-state index in [2.05, 4.69) is 9.97 Å². The quantitative estimate of drug-likeness (QED) is 0.454. The molecule has 6 nitrogen and oxygen atoms in total. The second-order valence-electron chi connectivity index (χ2n) is 6.45. The predicted molar refractivity (Wildman–Crippen MR) is 111 cm³/mol. The van der Waals surface area contributed by atoms with E-state index in [9.17, 15) is 9.18 Å². The Balaban J connectivity index is 1.64. The van der Waals surface area contributed by atoms with Crippen LogP contribution in [0.1, 0.15) is 16.8 Å². The van der Waals surface area contributed by atoms with Crippen molar-refractivity contribution in [1.29, 1.82) is 0 Å². The number of methoxy groups -OCH3 is 1. The Morgan fingerprint density at radius 1 is 1.28 bits per heavy atom. The topological polar surface area (TPSA) is 60.2 Å². The highest BCUT2D eigenvalue weighted by atomic mass is 32.1. The van der Waals surface area contributed by atoms with E-state index in [0.717, 1.165) is 13.0 Å². The molecule has 0 bridgehead atoms. The largest absolute Gasteiger partial charge is 0.497 e. The number of anilines is 1. The molecule has 0 radical (unpaired) electrons. The first-order valence-electron chi connectivity index (χ1n) is 9.12. The Morgan fingerprint density at radius 2 is 2.17 bits per heavy atom. The molecule has 0 saturated heterocycles. The number of ether oxygens (including phenoxy) is 1. The van der Waals surface area contributed by atoms with Gasteiger partial charge in [-0.05, 0) is 42.8 Å². The summed E-state index contributed by atoms with van der Waals surface area (Å²) in [5.74, 6) is 0.119. The average molecular weight is 410 g/mol.